The van der Waals surface area contributed by atoms with E-state index in [2.05, 4.69) is 11.4 Å². The fourth-order valence-corrected chi connectivity index (χ4v) is 4.01. The van der Waals surface area contributed by atoms with Gasteiger partial charge in [0.15, 0.2) is 0 Å². The number of benzene rings is 1. The van der Waals surface area contributed by atoms with Crippen molar-refractivity contribution in [1.82, 2.24) is 4.90 Å². The van der Waals surface area contributed by atoms with Crippen LogP contribution in [0.3, 0.4) is 0 Å². The van der Waals surface area contributed by atoms with E-state index in [1.54, 1.807) is 11.3 Å². The van der Waals surface area contributed by atoms with Crippen molar-refractivity contribution in [2.45, 2.75) is 45.3 Å². The minimum Gasteiger partial charge on any atom is -0.494 e. The van der Waals surface area contributed by atoms with E-state index in [9.17, 15) is 4.79 Å². The van der Waals surface area contributed by atoms with Crippen molar-refractivity contribution in [2.75, 3.05) is 19.8 Å². The van der Waals surface area contributed by atoms with Crippen molar-refractivity contribution in [1.29, 1.82) is 0 Å². The summed E-state index contributed by atoms with van der Waals surface area (Å²) < 4.78 is 11.4. The third-order valence-corrected chi connectivity index (χ3v) is 5.47. The van der Waals surface area contributed by atoms with Gasteiger partial charge < -0.3 is 14.4 Å². The van der Waals surface area contributed by atoms with E-state index in [0.717, 1.165) is 30.8 Å². The van der Waals surface area contributed by atoms with Crippen molar-refractivity contribution in [3.8, 4) is 5.75 Å². The molecule has 26 heavy (non-hydrogen) atoms. The molecule has 1 fully saturated rings. The summed E-state index contributed by atoms with van der Waals surface area (Å²) in [6.07, 6.45) is 3.49. The third kappa shape index (κ3) is 5.32. The maximum absolute atomic E-state index is 12.9. The van der Waals surface area contributed by atoms with Gasteiger partial charge in [0.05, 0.1) is 19.3 Å². The molecule has 1 aliphatic rings. The summed E-state index contributed by atoms with van der Waals surface area (Å²) in [7, 11) is 0. The average molecular weight is 374 g/mol. The molecule has 0 aliphatic carbocycles. The zero-order valence-electron chi connectivity index (χ0n) is 15.4. The standard InChI is InChI=1S/C21H27NO3S/c1-2-24-20-10-4-3-7-17(20)11-12-21(23)22(15-18-8-5-13-25-18)16-19-9-6-14-26-19/h3-4,6-7,9-10,14,18H,2,5,8,11-13,15-16H2,1H3. The molecule has 1 atom stereocenters. The van der Waals surface area contributed by atoms with Crippen molar-refractivity contribution in [2.24, 2.45) is 0 Å². The molecular formula is C21H27NO3S. The molecule has 140 valence electrons. The molecule has 1 amide bonds. The number of amides is 1. The molecule has 2 heterocycles. The first-order chi connectivity index (χ1) is 12.8. The Labute approximate surface area is 159 Å². The minimum atomic E-state index is 0.176. The van der Waals surface area contributed by atoms with E-state index in [1.807, 2.05) is 42.2 Å². The Hall–Kier alpha value is -1.85. The largest absolute Gasteiger partial charge is 0.494 e. The smallest absolute Gasteiger partial charge is 0.223 e. The molecule has 0 N–H and O–H groups in total. The van der Waals surface area contributed by atoms with Gasteiger partial charge in [-0.15, -0.1) is 11.3 Å². The highest BCUT2D eigenvalue weighted by atomic mass is 32.1. The first-order valence-electron chi connectivity index (χ1n) is 9.38. The molecule has 0 bridgehead atoms. The van der Waals surface area contributed by atoms with E-state index in [0.29, 0.717) is 32.5 Å². The highest BCUT2D eigenvalue weighted by Crippen LogP contribution is 2.22. The van der Waals surface area contributed by atoms with Crippen LogP contribution < -0.4 is 4.74 Å². The van der Waals surface area contributed by atoms with Gasteiger partial charge in [-0.1, -0.05) is 24.3 Å². The van der Waals surface area contributed by atoms with Crippen LogP contribution in [0.15, 0.2) is 41.8 Å². The molecule has 0 spiro atoms. The molecular weight excluding hydrogens is 346 g/mol. The predicted octanol–water partition coefficient (Wildman–Crippen LogP) is 4.29. The minimum absolute atomic E-state index is 0.176. The summed E-state index contributed by atoms with van der Waals surface area (Å²) in [6, 6.07) is 12.1. The van der Waals surface area contributed by atoms with Crippen LogP contribution in [-0.2, 0) is 22.5 Å². The van der Waals surface area contributed by atoms with Gasteiger partial charge in [-0.05, 0) is 49.3 Å². The number of para-hydroxylation sites is 1. The predicted molar refractivity (Wildman–Crippen MR) is 105 cm³/mol. The lowest BCUT2D eigenvalue weighted by Crippen LogP contribution is -2.36. The summed E-state index contributed by atoms with van der Waals surface area (Å²) in [5, 5.41) is 2.06. The van der Waals surface area contributed by atoms with Crippen molar-refractivity contribution >= 4 is 17.2 Å². The fraction of sp³-hybridized carbons (Fsp3) is 0.476. The summed E-state index contributed by atoms with van der Waals surface area (Å²) in [5.41, 5.74) is 1.09. The molecule has 1 aromatic heterocycles. The van der Waals surface area contributed by atoms with Crippen LogP contribution >= 0.6 is 11.3 Å². The van der Waals surface area contributed by atoms with E-state index >= 15 is 0 Å². The number of thiophene rings is 1. The topological polar surface area (TPSA) is 38.8 Å². The quantitative estimate of drug-likeness (QED) is 0.658. The average Bonchev–Trinajstić information content (AvgIpc) is 3.34. The number of hydrogen-bond acceptors (Lipinski definition) is 4. The van der Waals surface area contributed by atoms with Crippen LogP contribution in [0.1, 0.15) is 36.6 Å². The van der Waals surface area contributed by atoms with Crippen LogP contribution in [0.5, 0.6) is 5.75 Å². The SMILES string of the molecule is CCOc1ccccc1CCC(=O)N(Cc1cccs1)CC1CCCO1. The van der Waals surface area contributed by atoms with Gasteiger partial charge in [0.2, 0.25) is 5.91 Å². The molecule has 1 aliphatic heterocycles. The molecule has 1 saturated heterocycles. The van der Waals surface area contributed by atoms with Crippen LogP contribution in [0, 0.1) is 0 Å². The third-order valence-electron chi connectivity index (χ3n) is 4.61. The van der Waals surface area contributed by atoms with E-state index in [4.69, 9.17) is 9.47 Å². The fourth-order valence-electron chi connectivity index (χ4n) is 3.29. The monoisotopic (exact) mass is 373 g/mol. The van der Waals surface area contributed by atoms with Gasteiger partial charge in [0, 0.05) is 24.4 Å². The van der Waals surface area contributed by atoms with Gasteiger partial charge in [0.25, 0.3) is 0 Å². The summed E-state index contributed by atoms with van der Waals surface area (Å²) in [6.45, 7) is 4.78. The molecule has 3 rings (SSSR count). The van der Waals surface area contributed by atoms with E-state index in [1.165, 1.54) is 4.88 Å². The summed E-state index contributed by atoms with van der Waals surface area (Å²) in [5.74, 6) is 1.06. The number of nitrogens with zero attached hydrogens (tertiary/aromatic N) is 1. The molecule has 5 heteroatoms. The lowest BCUT2D eigenvalue weighted by atomic mass is 10.1. The number of carbonyl (C=O) groups excluding carboxylic acids is 1. The first kappa shape index (κ1) is 18.9. The number of rotatable bonds is 9. The lowest BCUT2D eigenvalue weighted by molar-refractivity contribution is -0.133. The van der Waals surface area contributed by atoms with Crippen molar-refractivity contribution in [3.05, 3.63) is 52.2 Å². The molecule has 1 unspecified atom stereocenters. The Morgan fingerprint density at radius 2 is 2.19 bits per heavy atom. The Bertz CT molecular complexity index is 680. The molecule has 1 aromatic carbocycles. The second-order valence-corrected chi connectivity index (χ2v) is 7.56. The Kier molecular flexibility index (Phi) is 7.09. The van der Waals surface area contributed by atoms with Gasteiger partial charge in [-0.3, -0.25) is 4.79 Å². The van der Waals surface area contributed by atoms with Gasteiger partial charge >= 0.3 is 0 Å². The molecule has 0 saturated carbocycles. The van der Waals surface area contributed by atoms with Crippen LogP contribution in [-0.4, -0.2) is 36.7 Å². The number of ether oxygens (including phenoxy) is 2. The zero-order valence-corrected chi connectivity index (χ0v) is 16.2. The summed E-state index contributed by atoms with van der Waals surface area (Å²) in [4.78, 5) is 16.1. The molecule has 0 radical (unpaired) electrons. The van der Waals surface area contributed by atoms with Gasteiger partial charge in [-0.25, -0.2) is 0 Å². The van der Waals surface area contributed by atoms with E-state index in [-0.39, 0.29) is 12.0 Å². The van der Waals surface area contributed by atoms with E-state index < -0.39 is 0 Å². The molecule has 4 nitrogen and oxygen atoms in total. The first-order valence-corrected chi connectivity index (χ1v) is 10.3. The Morgan fingerprint density at radius 3 is 2.92 bits per heavy atom. The van der Waals surface area contributed by atoms with Crippen molar-refractivity contribution in [3.63, 3.8) is 0 Å². The summed E-state index contributed by atoms with van der Waals surface area (Å²) >= 11 is 1.70. The second kappa shape index (κ2) is 9.74. The number of carbonyl (C=O) groups is 1. The van der Waals surface area contributed by atoms with Crippen LogP contribution in [0.2, 0.25) is 0 Å². The lowest BCUT2D eigenvalue weighted by Gasteiger charge is -2.25. The Balaban J connectivity index is 1.62. The number of hydrogen-bond donors (Lipinski definition) is 0. The normalized spacial score (nSPS) is 16.6. The highest BCUT2D eigenvalue weighted by molar-refractivity contribution is 7.09. The van der Waals surface area contributed by atoms with Crippen molar-refractivity contribution < 1.29 is 14.3 Å². The number of aryl methyl sites for hydroxylation is 1. The van der Waals surface area contributed by atoms with Crippen LogP contribution in [0.4, 0.5) is 0 Å². The van der Waals surface area contributed by atoms with Crippen LogP contribution in [0.25, 0.3) is 0 Å². The maximum Gasteiger partial charge on any atom is 0.223 e. The second-order valence-electron chi connectivity index (χ2n) is 6.53. The Morgan fingerprint density at radius 1 is 1.31 bits per heavy atom. The zero-order chi connectivity index (χ0) is 18.2. The van der Waals surface area contributed by atoms with Gasteiger partial charge in [-0.2, -0.15) is 0 Å². The highest BCUT2D eigenvalue weighted by Gasteiger charge is 2.23. The molecule has 2 aromatic rings. The maximum atomic E-state index is 12.9. The van der Waals surface area contributed by atoms with Gasteiger partial charge in [0.1, 0.15) is 5.75 Å².